The second-order valence-corrected chi connectivity index (χ2v) is 5.45. The maximum absolute atomic E-state index is 12.1. The van der Waals surface area contributed by atoms with Crippen molar-refractivity contribution in [3.05, 3.63) is 35.6 Å². The van der Waals surface area contributed by atoms with Gasteiger partial charge in [-0.1, -0.05) is 5.16 Å². The number of nitrogens with zero attached hydrogens (tertiary/aromatic N) is 5. The van der Waals surface area contributed by atoms with Crippen molar-refractivity contribution in [1.82, 2.24) is 25.1 Å². The van der Waals surface area contributed by atoms with E-state index in [1.54, 1.807) is 12.3 Å². The number of hydrogen-bond acceptors (Lipinski definition) is 10. The van der Waals surface area contributed by atoms with Crippen LogP contribution in [0.15, 0.2) is 28.5 Å². The molecule has 0 atom stereocenters. The number of aromatic nitrogens is 5. The van der Waals surface area contributed by atoms with Crippen LogP contribution < -0.4 is 5.32 Å². The summed E-state index contributed by atoms with van der Waals surface area (Å²) >= 11 is 1.17. The highest BCUT2D eigenvalue weighted by Crippen LogP contribution is 2.18. The number of thiazole rings is 1. The summed E-state index contributed by atoms with van der Waals surface area (Å²) in [4.78, 5) is 39.6. The first kappa shape index (κ1) is 16.6. The Labute approximate surface area is 145 Å². The normalized spacial score (nSPS) is 10.4. The van der Waals surface area contributed by atoms with Crippen molar-refractivity contribution in [1.29, 1.82) is 0 Å². The van der Waals surface area contributed by atoms with Crippen LogP contribution in [0.25, 0.3) is 11.5 Å². The fourth-order valence-electron chi connectivity index (χ4n) is 1.79. The molecular weight excluding hydrogens is 348 g/mol. The Morgan fingerprint density at radius 3 is 2.96 bits per heavy atom. The molecule has 0 aliphatic carbocycles. The van der Waals surface area contributed by atoms with Gasteiger partial charge in [0.05, 0.1) is 24.9 Å². The van der Waals surface area contributed by atoms with Crippen LogP contribution in [0.5, 0.6) is 0 Å². The molecular formula is C14H12N6O4S. The summed E-state index contributed by atoms with van der Waals surface area (Å²) in [7, 11) is 0. The van der Waals surface area contributed by atoms with Crippen LogP contribution in [0.2, 0.25) is 0 Å². The Hall–Kier alpha value is -3.21. The minimum atomic E-state index is -0.611. The van der Waals surface area contributed by atoms with Gasteiger partial charge in [0.25, 0.3) is 0 Å². The van der Waals surface area contributed by atoms with Crippen molar-refractivity contribution in [2.45, 2.75) is 13.3 Å². The highest BCUT2D eigenvalue weighted by molar-refractivity contribution is 7.14. The van der Waals surface area contributed by atoms with E-state index in [-0.39, 0.29) is 24.1 Å². The quantitative estimate of drug-likeness (QED) is 0.646. The molecule has 1 N–H and O–H groups in total. The Morgan fingerprint density at radius 2 is 2.20 bits per heavy atom. The first-order chi connectivity index (χ1) is 12.2. The summed E-state index contributed by atoms with van der Waals surface area (Å²) in [5.74, 6) is -1.07. The van der Waals surface area contributed by atoms with Gasteiger partial charge in [-0.25, -0.2) is 9.97 Å². The van der Waals surface area contributed by atoms with E-state index in [0.29, 0.717) is 23.1 Å². The number of carbonyl (C=O) groups excluding carboxylic acids is 2. The number of esters is 1. The smallest absolute Gasteiger partial charge is 0.316 e. The van der Waals surface area contributed by atoms with E-state index >= 15 is 0 Å². The lowest BCUT2D eigenvalue weighted by molar-refractivity contribution is -0.142. The van der Waals surface area contributed by atoms with Crippen molar-refractivity contribution in [3.8, 4) is 11.5 Å². The molecule has 3 aromatic heterocycles. The molecule has 0 aromatic carbocycles. The molecule has 0 fully saturated rings. The zero-order valence-electron chi connectivity index (χ0n) is 13.0. The van der Waals surface area contributed by atoms with E-state index in [0.717, 1.165) is 0 Å². The minimum Gasteiger partial charge on any atom is -0.466 e. The average molecular weight is 360 g/mol. The summed E-state index contributed by atoms with van der Waals surface area (Å²) in [6.45, 7) is 2.03. The zero-order chi connectivity index (χ0) is 17.6. The van der Waals surface area contributed by atoms with E-state index in [1.165, 1.54) is 29.9 Å². The maximum Gasteiger partial charge on any atom is 0.316 e. The number of hydrogen-bond donors (Lipinski definition) is 1. The van der Waals surface area contributed by atoms with Crippen molar-refractivity contribution in [2.24, 2.45) is 0 Å². The summed E-state index contributed by atoms with van der Waals surface area (Å²) < 4.78 is 9.76. The van der Waals surface area contributed by atoms with Gasteiger partial charge in [0.1, 0.15) is 5.69 Å². The van der Waals surface area contributed by atoms with Gasteiger partial charge in [0.2, 0.25) is 5.82 Å². The Bertz CT molecular complexity index is 878. The zero-order valence-corrected chi connectivity index (χ0v) is 13.8. The molecule has 10 nitrogen and oxygen atoms in total. The van der Waals surface area contributed by atoms with Crippen LogP contribution >= 0.6 is 11.3 Å². The van der Waals surface area contributed by atoms with Crippen LogP contribution in [0.3, 0.4) is 0 Å². The number of rotatable bonds is 6. The van der Waals surface area contributed by atoms with E-state index in [9.17, 15) is 9.59 Å². The molecule has 11 heteroatoms. The predicted molar refractivity (Wildman–Crippen MR) is 85.7 cm³/mol. The van der Waals surface area contributed by atoms with Gasteiger partial charge in [0.15, 0.2) is 5.13 Å². The van der Waals surface area contributed by atoms with E-state index in [4.69, 9.17) is 9.26 Å². The van der Waals surface area contributed by atoms with Gasteiger partial charge >= 0.3 is 17.8 Å². The number of ether oxygens (including phenoxy) is 1. The largest absolute Gasteiger partial charge is 0.466 e. The molecule has 1 amide bonds. The average Bonchev–Trinajstić information content (AvgIpc) is 3.25. The Kier molecular flexibility index (Phi) is 5.04. The molecule has 0 saturated carbocycles. The maximum atomic E-state index is 12.1. The van der Waals surface area contributed by atoms with Crippen molar-refractivity contribution >= 4 is 28.3 Å². The molecule has 3 heterocycles. The van der Waals surface area contributed by atoms with Gasteiger partial charge in [-0.05, 0) is 6.92 Å². The molecule has 0 saturated heterocycles. The highest BCUT2D eigenvalue weighted by atomic mass is 32.1. The predicted octanol–water partition coefficient (Wildman–Crippen LogP) is 1.34. The molecule has 0 radical (unpaired) electrons. The van der Waals surface area contributed by atoms with Crippen molar-refractivity contribution in [3.63, 3.8) is 0 Å². The molecule has 0 spiro atoms. The van der Waals surface area contributed by atoms with Gasteiger partial charge in [-0.15, -0.1) is 11.3 Å². The van der Waals surface area contributed by atoms with Gasteiger partial charge < -0.3 is 9.26 Å². The molecule has 3 aromatic rings. The SMILES string of the molecule is CCOC(=O)Cc1csc(NC(=O)c2nc(-c3cnccn3)no2)n1. The first-order valence-corrected chi connectivity index (χ1v) is 8.05. The summed E-state index contributed by atoms with van der Waals surface area (Å²) in [5, 5.41) is 8.19. The number of nitrogens with one attached hydrogen (secondary N) is 1. The first-order valence-electron chi connectivity index (χ1n) is 7.17. The fourth-order valence-corrected chi connectivity index (χ4v) is 2.50. The third-order valence-electron chi connectivity index (χ3n) is 2.82. The van der Waals surface area contributed by atoms with E-state index in [1.807, 2.05) is 0 Å². The van der Waals surface area contributed by atoms with Crippen LogP contribution in [-0.2, 0) is 16.0 Å². The van der Waals surface area contributed by atoms with Crippen LogP contribution in [-0.4, -0.2) is 43.6 Å². The molecule has 128 valence electrons. The number of amides is 1. The second kappa shape index (κ2) is 7.57. The van der Waals surface area contributed by atoms with E-state index < -0.39 is 5.91 Å². The lowest BCUT2D eigenvalue weighted by Gasteiger charge is -1.98. The third-order valence-corrected chi connectivity index (χ3v) is 3.62. The Balaban J connectivity index is 1.64. The molecule has 3 rings (SSSR count). The standard InChI is InChI=1S/C14H12N6O4S/c1-2-23-10(21)5-8-7-25-14(17-8)19-12(22)13-18-11(20-24-13)9-6-15-3-4-16-9/h3-4,6-7H,2,5H2,1H3,(H,17,19,22). The molecule has 25 heavy (non-hydrogen) atoms. The lowest BCUT2D eigenvalue weighted by atomic mass is 10.3. The fraction of sp³-hybridized carbons (Fsp3) is 0.214. The van der Waals surface area contributed by atoms with Gasteiger partial charge in [0, 0.05) is 17.8 Å². The molecule has 0 unspecified atom stereocenters. The lowest BCUT2D eigenvalue weighted by Crippen LogP contribution is -2.12. The molecule has 0 aliphatic heterocycles. The van der Waals surface area contributed by atoms with Crippen LogP contribution in [0.4, 0.5) is 5.13 Å². The molecule has 0 aliphatic rings. The summed E-state index contributed by atoms with van der Waals surface area (Å²) in [6.07, 6.45) is 4.48. The molecule has 0 bridgehead atoms. The van der Waals surface area contributed by atoms with Crippen molar-refractivity contribution in [2.75, 3.05) is 11.9 Å². The topological polar surface area (TPSA) is 133 Å². The summed E-state index contributed by atoms with van der Waals surface area (Å²) in [5.41, 5.74) is 0.890. The number of carbonyl (C=O) groups is 2. The van der Waals surface area contributed by atoms with Gasteiger partial charge in [-0.2, -0.15) is 4.98 Å². The third kappa shape index (κ3) is 4.20. The van der Waals surface area contributed by atoms with Crippen molar-refractivity contribution < 1.29 is 18.8 Å². The monoisotopic (exact) mass is 360 g/mol. The minimum absolute atomic E-state index is 0.0393. The van der Waals surface area contributed by atoms with Crippen LogP contribution in [0, 0.1) is 0 Å². The van der Waals surface area contributed by atoms with E-state index in [2.05, 4.69) is 30.4 Å². The summed E-state index contributed by atoms with van der Waals surface area (Å²) in [6, 6.07) is 0. The highest BCUT2D eigenvalue weighted by Gasteiger charge is 2.18. The van der Waals surface area contributed by atoms with Gasteiger partial charge in [-0.3, -0.25) is 19.9 Å². The number of anilines is 1. The second-order valence-electron chi connectivity index (χ2n) is 4.59. The van der Waals surface area contributed by atoms with Crippen LogP contribution in [0.1, 0.15) is 23.3 Å². The Morgan fingerprint density at radius 1 is 1.32 bits per heavy atom.